The Labute approximate surface area is 123 Å². The lowest BCUT2D eigenvalue weighted by atomic mass is 10.0. The van der Waals surface area contributed by atoms with Gasteiger partial charge in [-0.1, -0.05) is 53.6 Å². The minimum absolute atomic E-state index is 0.0522. The third kappa shape index (κ3) is 3.91. The third-order valence-electron chi connectivity index (χ3n) is 3.19. The predicted molar refractivity (Wildman–Crippen MR) is 79.6 cm³/mol. The van der Waals surface area contributed by atoms with E-state index in [2.05, 4.69) is 6.07 Å². The molecule has 104 valence electrons. The fourth-order valence-electron chi connectivity index (χ4n) is 2.14. The number of halogens is 2. The van der Waals surface area contributed by atoms with Crippen LogP contribution in [-0.4, -0.2) is 5.78 Å². The lowest BCUT2D eigenvalue weighted by molar-refractivity contribution is -0.118. The van der Waals surface area contributed by atoms with E-state index in [1.165, 1.54) is 11.6 Å². The van der Waals surface area contributed by atoms with Crippen LogP contribution in [0.25, 0.3) is 0 Å². The Balaban J connectivity index is 1.94. The summed E-state index contributed by atoms with van der Waals surface area (Å²) in [7, 11) is 0. The Kier molecular flexibility index (Phi) is 4.91. The van der Waals surface area contributed by atoms with Crippen molar-refractivity contribution in [1.82, 2.24) is 0 Å². The minimum Gasteiger partial charge on any atom is -0.299 e. The number of hydrogen-bond acceptors (Lipinski definition) is 1. The van der Waals surface area contributed by atoms with Crippen molar-refractivity contribution < 1.29 is 9.18 Å². The summed E-state index contributed by atoms with van der Waals surface area (Å²) in [5, 5.41) is 0.0522. The summed E-state index contributed by atoms with van der Waals surface area (Å²) in [4.78, 5) is 12.0. The number of benzene rings is 2. The van der Waals surface area contributed by atoms with E-state index in [0.717, 1.165) is 5.56 Å². The van der Waals surface area contributed by atoms with Gasteiger partial charge in [-0.15, -0.1) is 0 Å². The molecule has 0 N–H and O–H groups in total. The number of aryl methyl sites for hydroxylation is 2. The fraction of sp³-hybridized carbons (Fsp3) is 0.235. The van der Waals surface area contributed by atoms with E-state index in [-0.39, 0.29) is 17.2 Å². The van der Waals surface area contributed by atoms with Crippen molar-refractivity contribution in [1.29, 1.82) is 0 Å². The molecule has 0 aliphatic heterocycles. The number of carbonyl (C=O) groups excluding carboxylic acids is 1. The summed E-state index contributed by atoms with van der Waals surface area (Å²) in [6.45, 7) is 2.03. The molecule has 20 heavy (non-hydrogen) atoms. The molecule has 0 fully saturated rings. The lowest BCUT2D eigenvalue weighted by Crippen LogP contribution is -2.05. The molecular formula is C17H16ClFO. The van der Waals surface area contributed by atoms with E-state index >= 15 is 0 Å². The quantitative estimate of drug-likeness (QED) is 0.790. The molecule has 0 heterocycles. The smallest absolute Gasteiger partial charge is 0.142 e. The van der Waals surface area contributed by atoms with E-state index in [4.69, 9.17) is 11.6 Å². The van der Waals surface area contributed by atoms with Gasteiger partial charge in [-0.05, 0) is 30.5 Å². The second-order valence-electron chi connectivity index (χ2n) is 4.92. The van der Waals surface area contributed by atoms with Gasteiger partial charge in [0.2, 0.25) is 0 Å². The van der Waals surface area contributed by atoms with Gasteiger partial charge in [0.25, 0.3) is 0 Å². The Hall–Kier alpha value is -1.67. The van der Waals surface area contributed by atoms with E-state index in [1.54, 1.807) is 12.1 Å². The average Bonchev–Trinajstić information content (AvgIpc) is 2.42. The van der Waals surface area contributed by atoms with Gasteiger partial charge in [-0.25, -0.2) is 4.39 Å². The summed E-state index contributed by atoms with van der Waals surface area (Å²) in [6.07, 6.45) is 1.33. The molecule has 1 nitrogen and oxygen atoms in total. The molecule has 0 saturated heterocycles. The second kappa shape index (κ2) is 6.67. The molecule has 2 aromatic rings. The lowest BCUT2D eigenvalue weighted by Gasteiger charge is -2.05. The molecule has 3 heteroatoms. The Morgan fingerprint density at radius 2 is 1.95 bits per heavy atom. The van der Waals surface area contributed by atoms with Crippen LogP contribution in [0.5, 0.6) is 0 Å². The van der Waals surface area contributed by atoms with Gasteiger partial charge < -0.3 is 0 Å². The van der Waals surface area contributed by atoms with Crippen molar-refractivity contribution in [2.75, 3.05) is 0 Å². The number of Topliss-reactive ketones (excluding diaryl/α,β-unsaturated/α-hetero) is 1. The van der Waals surface area contributed by atoms with Gasteiger partial charge in [-0.2, -0.15) is 0 Å². The number of ketones is 1. The van der Waals surface area contributed by atoms with Crippen LogP contribution in [0.4, 0.5) is 4.39 Å². The Bertz CT molecular complexity index is 622. The van der Waals surface area contributed by atoms with E-state index in [0.29, 0.717) is 18.4 Å². The highest BCUT2D eigenvalue weighted by molar-refractivity contribution is 6.31. The van der Waals surface area contributed by atoms with Gasteiger partial charge in [0.05, 0.1) is 5.02 Å². The van der Waals surface area contributed by atoms with Crippen LogP contribution in [0.1, 0.15) is 23.1 Å². The molecule has 0 aliphatic carbocycles. The molecule has 0 aliphatic rings. The van der Waals surface area contributed by atoms with Crippen molar-refractivity contribution in [3.8, 4) is 0 Å². The summed E-state index contributed by atoms with van der Waals surface area (Å²) in [5.41, 5.74) is 2.88. The number of carbonyl (C=O) groups is 1. The van der Waals surface area contributed by atoms with Crippen LogP contribution < -0.4 is 0 Å². The highest BCUT2D eigenvalue weighted by Crippen LogP contribution is 2.20. The number of rotatable bonds is 5. The van der Waals surface area contributed by atoms with Crippen LogP contribution in [0.3, 0.4) is 0 Å². The summed E-state index contributed by atoms with van der Waals surface area (Å²) >= 11 is 5.85. The van der Waals surface area contributed by atoms with E-state index in [9.17, 15) is 9.18 Å². The summed E-state index contributed by atoms with van der Waals surface area (Å²) in [5.74, 6) is -0.408. The molecule has 0 aromatic heterocycles. The van der Waals surface area contributed by atoms with E-state index in [1.807, 2.05) is 25.1 Å². The first-order chi connectivity index (χ1) is 9.56. The van der Waals surface area contributed by atoms with Gasteiger partial charge >= 0.3 is 0 Å². The standard InChI is InChI=1S/C17H16ClFO/c1-12-4-2-5-13(10-12)8-9-15(20)11-14-6-3-7-16(19)17(14)18/h2-7,10H,8-9,11H2,1H3. The molecular weight excluding hydrogens is 275 g/mol. The van der Waals surface area contributed by atoms with E-state index < -0.39 is 5.82 Å². The second-order valence-corrected chi connectivity index (χ2v) is 5.30. The zero-order valence-corrected chi connectivity index (χ0v) is 12.1. The zero-order valence-electron chi connectivity index (χ0n) is 11.3. The maximum absolute atomic E-state index is 13.3. The highest BCUT2D eigenvalue weighted by Gasteiger charge is 2.10. The summed E-state index contributed by atoms with van der Waals surface area (Å²) in [6, 6.07) is 12.7. The molecule has 0 atom stereocenters. The fourth-order valence-corrected chi connectivity index (χ4v) is 2.33. The van der Waals surface area contributed by atoms with Crippen LogP contribution in [0.15, 0.2) is 42.5 Å². The van der Waals surface area contributed by atoms with Crippen LogP contribution in [0, 0.1) is 12.7 Å². The van der Waals surface area contributed by atoms with Gasteiger partial charge in [0, 0.05) is 12.8 Å². The van der Waals surface area contributed by atoms with Crippen molar-refractivity contribution in [2.24, 2.45) is 0 Å². The first kappa shape index (κ1) is 14.7. The molecule has 0 radical (unpaired) electrons. The normalized spacial score (nSPS) is 10.6. The maximum Gasteiger partial charge on any atom is 0.142 e. The van der Waals surface area contributed by atoms with Crippen LogP contribution >= 0.6 is 11.6 Å². The van der Waals surface area contributed by atoms with Crippen molar-refractivity contribution in [2.45, 2.75) is 26.2 Å². The maximum atomic E-state index is 13.3. The molecule has 0 bridgehead atoms. The zero-order chi connectivity index (χ0) is 14.5. The minimum atomic E-state index is -0.476. The van der Waals surface area contributed by atoms with Crippen LogP contribution in [0.2, 0.25) is 5.02 Å². The molecule has 0 saturated carbocycles. The predicted octanol–water partition coefficient (Wildman–Crippen LogP) is 4.53. The molecule has 2 aromatic carbocycles. The molecule has 0 unspecified atom stereocenters. The van der Waals surface area contributed by atoms with Gasteiger partial charge in [0.15, 0.2) is 0 Å². The highest BCUT2D eigenvalue weighted by atomic mass is 35.5. The SMILES string of the molecule is Cc1cccc(CCC(=O)Cc2cccc(F)c2Cl)c1. The molecule has 0 amide bonds. The van der Waals surface area contributed by atoms with Crippen molar-refractivity contribution >= 4 is 17.4 Å². The Morgan fingerprint density at radius 3 is 2.70 bits per heavy atom. The van der Waals surface area contributed by atoms with Crippen molar-refractivity contribution in [3.63, 3.8) is 0 Å². The molecule has 2 rings (SSSR count). The third-order valence-corrected chi connectivity index (χ3v) is 3.62. The first-order valence-electron chi connectivity index (χ1n) is 6.56. The molecule has 0 spiro atoms. The first-order valence-corrected chi connectivity index (χ1v) is 6.94. The summed E-state index contributed by atoms with van der Waals surface area (Å²) < 4.78 is 13.3. The van der Waals surface area contributed by atoms with Crippen LogP contribution in [-0.2, 0) is 17.6 Å². The Morgan fingerprint density at radius 1 is 1.20 bits per heavy atom. The average molecular weight is 291 g/mol. The van der Waals surface area contributed by atoms with Crippen molar-refractivity contribution in [3.05, 3.63) is 70.0 Å². The number of hydrogen-bond donors (Lipinski definition) is 0. The van der Waals surface area contributed by atoms with Gasteiger partial charge in [-0.3, -0.25) is 4.79 Å². The van der Waals surface area contributed by atoms with Gasteiger partial charge in [0.1, 0.15) is 11.6 Å². The topological polar surface area (TPSA) is 17.1 Å². The largest absolute Gasteiger partial charge is 0.299 e. The monoisotopic (exact) mass is 290 g/mol.